The SMILES string of the molecule is Cn1c(C(=O)O)nc2c1c(=O)[nH]c(=O)n2C. The molecule has 0 unspecified atom stereocenters. The van der Waals surface area contributed by atoms with Gasteiger partial charge in [0.05, 0.1) is 0 Å². The van der Waals surface area contributed by atoms with Gasteiger partial charge in [0.2, 0.25) is 5.82 Å². The van der Waals surface area contributed by atoms with Crippen LogP contribution in [-0.2, 0) is 14.1 Å². The number of rotatable bonds is 1. The lowest BCUT2D eigenvalue weighted by Crippen LogP contribution is -2.29. The Morgan fingerprint density at radius 1 is 1.31 bits per heavy atom. The van der Waals surface area contributed by atoms with Crippen LogP contribution in [0.25, 0.3) is 11.2 Å². The van der Waals surface area contributed by atoms with E-state index in [1.807, 2.05) is 0 Å². The molecular formula is C8H8N4O4. The first-order chi connectivity index (χ1) is 7.43. The van der Waals surface area contributed by atoms with E-state index in [0.29, 0.717) is 0 Å². The van der Waals surface area contributed by atoms with Crippen molar-refractivity contribution in [3.8, 4) is 0 Å². The van der Waals surface area contributed by atoms with E-state index in [4.69, 9.17) is 5.11 Å². The summed E-state index contributed by atoms with van der Waals surface area (Å²) in [7, 11) is 2.80. The zero-order valence-corrected chi connectivity index (χ0v) is 8.51. The molecule has 8 heteroatoms. The molecular weight excluding hydrogens is 216 g/mol. The fourth-order valence-corrected chi connectivity index (χ4v) is 1.50. The van der Waals surface area contributed by atoms with Crippen LogP contribution in [0.5, 0.6) is 0 Å². The Balaban J connectivity index is 3.08. The van der Waals surface area contributed by atoms with E-state index in [2.05, 4.69) is 9.97 Å². The highest BCUT2D eigenvalue weighted by atomic mass is 16.4. The van der Waals surface area contributed by atoms with Gasteiger partial charge in [0, 0.05) is 14.1 Å². The van der Waals surface area contributed by atoms with Gasteiger partial charge in [-0.15, -0.1) is 0 Å². The molecule has 2 aromatic heterocycles. The van der Waals surface area contributed by atoms with Crippen LogP contribution in [0.3, 0.4) is 0 Å². The fraction of sp³-hybridized carbons (Fsp3) is 0.250. The molecule has 2 aromatic rings. The van der Waals surface area contributed by atoms with Crippen molar-refractivity contribution in [2.24, 2.45) is 14.1 Å². The maximum Gasteiger partial charge on any atom is 0.372 e. The maximum atomic E-state index is 11.5. The predicted octanol–water partition coefficient (Wildman–Crippen LogP) is -1.34. The molecule has 0 saturated carbocycles. The van der Waals surface area contributed by atoms with Crippen LogP contribution >= 0.6 is 0 Å². The van der Waals surface area contributed by atoms with Crippen molar-refractivity contribution in [3.05, 3.63) is 26.7 Å². The Morgan fingerprint density at radius 3 is 2.50 bits per heavy atom. The monoisotopic (exact) mass is 224 g/mol. The van der Waals surface area contributed by atoms with E-state index in [-0.39, 0.29) is 17.0 Å². The number of nitrogens with zero attached hydrogens (tertiary/aromatic N) is 3. The van der Waals surface area contributed by atoms with E-state index >= 15 is 0 Å². The molecule has 2 N–H and O–H groups in total. The molecule has 0 aliphatic heterocycles. The number of imidazole rings is 1. The van der Waals surface area contributed by atoms with E-state index in [0.717, 1.165) is 9.13 Å². The molecule has 0 atom stereocenters. The van der Waals surface area contributed by atoms with Crippen molar-refractivity contribution < 1.29 is 9.90 Å². The molecule has 0 aliphatic rings. The molecule has 0 amide bonds. The number of carboxylic acid groups (broad SMARTS) is 1. The topological polar surface area (TPSA) is 110 Å². The Morgan fingerprint density at radius 2 is 1.94 bits per heavy atom. The van der Waals surface area contributed by atoms with Gasteiger partial charge < -0.3 is 9.67 Å². The molecule has 0 radical (unpaired) electrons. The maximum absolute atomic E-state index is 11.5. The molecule has 0 aromatic carbocycles. The number of carboxylic acids is 1. The second-order valence-corrected chi connectivity index (χ2v) is 3.29. The first-order valence-electron chi connectivity index (χ1n) is 4.32. The lowest BCUT2D eigenvalue weighted by molar-refractivity contribution is 0.0680. The zero-order chi connectivity index (χ0) is 12.0. The number of nitrogens with one attached hydrogen (secondary N) is 1. The van der Waals surface area contributed by atoms with Gasteiger partial charge in [-0.05, 0) is 0 Å². The fourth-order valence-electron chi connectivity index (χ4n) is 1.50. The normalized spacial score (nSPS) is 10.9. The van der Waals surface area contributed by atoms with E-state index in [1.54, 1.807) is 0 Å². The summed E-state index contributed by atoms with van der Waals surface area (Å²) < 4.78 is 2.22. The number of aryl methyl sites for hydroxylation is 2. The number of carbonyl (C=O) groups is 1. The van der Waals surface area contributed by atoms with Gasteiger partial charge in [0.1, 0.15) is 0 Å². The van der Waals surface area contributed by atoms with Crippen LogP contribution in [-0.4, -0.2) is 30.2 Å². The number of hydrogen-bond donors (Lipinski definition) is 2. The van der Waals surface area contributed by atoms with E-state index < -0.39 is 17.2 Å². The van der Waals surface area contributed by atoms with Crippen LogP contribution in [0.1, 0.15) is 10.6 Å². The predicted molar refractivity (Wildman–Crippen MR) is 53.5 cm³/mol. The Labute approximate surface area is 87.8 Å². The van der Waals surface area contributed by atoms with Gasteiger partial charge in [-0.3, -0.25) is 14.3 Å². The summed E-state index contributed by atoms with van der Waals surface area (Å²) in [4.78, 5) is 39.4. The van der Waals surface area contributed by atoms with Gasteiger partial charge in [-0.25, -0.2) is 14.6 Å². The molecule has 8 nitrogen and oxygen atoms in total. The Hall–Kier alpha value is -2.38. The standard InChI is InChI=1S/C8H8N4O4/c1-11-3-4(9-5(11)7(14)15)12(2)8(16)10-6(3)13/h1-2H3,(H,14,15)(H,10,13,16). The third kappa shape index (κ3) is 1.16. The third-order valence-electron chi connectivity index (χ3n) is 2.33. The minimum atomic E-state index is -1.26. The molecule has 2 heterocycles. The summed E-state index contributed by atoms with van der Waals surface area (Å²) in [6, 6.07) is 0. The van der Waals surface area contributed by atoms with Crippen molar-refractivity contribution in [2.45, 2.75) is 0 Å². The summed E-state index contributed by atoms with van der Waals surface area (Å²) in [5.74, 6) is -1.55. The van der Waals surface area contributed by atoms with Crippen molar-refractivity contribution in [1.29, 1.82) is 0 Å². The quantitative estimate of drug-likeness (QED) is 0.622. The highest BCUT2D eigenvalue weighted by molar-refractivity contribution is 5.88. The summed E-state index contributed by atoms with van der Waals surface area (Å²) in [6.07, 6.45) is 0. The first-order valence-corrected chi connectivity index (χ1v) is 4.32. The smallest absolute Gasteiger partial charge is 0.372 e. The molecule has 0 saturated heterocycles. The number of hydrogen-bond acceptors (Lipinski definition) is 4. The van der Waals surface area contributed by atoms with Crippen LogP contribution in [0.4, 0.5) is 0 Å². The van der Waals surface area contributed by atoms with Crippen molar-refractivity contribution >= 4 is 17.1 Å². The van der Waals surface area contributed by atoms with Crippen molar-refractivity contribution in [1.82, 2.24) is 19.1 Å². The number of aromatic nitrogens is 4. The first kappa shape index (κ1) is 10.1. The van der Waals surface area contributed by atoms with Gasteiger partial charge in [0.15, 0.2) is 11.2 Å². The molecule has 0 fully saturated rings. The summed E-state index contributed by atoms with van der Waals surface area (Å²) >= 11 is 0. The molecule has 84 valence electrons. The van der Waals surface area contributed by atoms with Gasteiger partial charge >= 0.3 is 11.7 Å². The third-order valence-corrected chi connectivity index (χ3v) is 2.33. The van der Waals surface area contributed by atoms with Crippen molar-refractivity contribution in [3.63, 3.8) is 0 Å². The largest absolute Gasteiger partial charge is 0.475 e. The highest BCUT2D eigenvalue weighted by Gasteiger charge is 2.18. The van der Waals surface area contributed by atoms with Crippen LogP contribution in [0, 0.1) is 0 Å². The Bertz CT molecular complexity index is 705. The van der Waals surface area contributed by atoms with Gasteiger partial charge in [0.25, 0.3) is 5.56 Å². The average molecular weight is 224 g/mol. The lowest BCUT2D eigenvalue weighted by Gasteiger charge is -1.97. The van der Waals surface area contributed by atoms with Gasteiger partial charge in [-0.2, -0.15) is 0 Å². The molecule has 2 rings (SSSR count). The second kappa shape index (κ2) is 3.05. The van der Waals surface area contributed by atoms with Crippen LogP contribution in [0.2, 0.25) is 0 Å². The summed E-state index contributed by atoms with van der Waals surface area (Å²) in [6.45, 7) is 0. The number of H-pyrrole nitrogens is 1. The zero-order valence-electron chi connectivity index (χ0n) is 8.51. The summed E-state index contributed by atoms with van der Waals surface area (Å²) in [5.41, 5.74) is -1.18. The number of fused-ring (bicyclic) bond motifs is 1. The molecule has 0 aliphatic carbocycles. The lowest BCUT2D eigenvalue weighted by atomic mass is 10.5. The number of aromatic amines is 1. The second-order valence-electron chi connectivity index (χ2n) is 3.29. The molecule has 0 bridgehead atoms. The average Bonchev–Trinajstić information content (AvgIpc) is 2.53. The van der Waals surface area contributed by atoms with Gasteiger partial charge in [-0.1, -0.05) is 0 Å². The van der Waals surface area contributed by atoms with E-state index in [9.17, 15) is 14.4 Å². The highest BCUT2D eigenvalue weighted by Crippen LogP contribution is 2.07. The van der Waals surface area contributed by atoms with Crippen molar-refractivity contribution in [2.75, 3.05) is 0 Å². The van der Waals surface area contributed by atoms with Crippen LogP contribution < -0.4 is 11.2 Å². The molecule has 16 heavy (non-hydrogen) atoms. The van der Waals surface area contributed by atoms with Crippen LogP contribution in [0.15, 0.2) is 9.59 Å². The molecule has 0 spiro atoms. The summed E-state index contributed by atoms with van der Waals surface area (Å²) in [5, 5.41) is 8.83. The number of aromatic carboxylic acids is 1. The minimum Gasteiger partial charge on any atom is -0.475 e. The Kier molecular flexibility index (Phi) is 1.94. The minimum absolute atomic E-state index is 0.0497. The van der Waals surface area contributed by atoms with E-state index in [1.165, 1.54) is 14.1 Å².